The van der Waals surface area contributed by atoms with Crippen LogP contribution in [0, 0.1) is 6.92 Å². The van der Waals surface area contributed by atoms with Crippen molar-refractivity contribution >= 4 is 16.0 Å². The molecule has 2 aliphatic heterocycles. The minimum absolute atomic E-state index is 0.190. The molecule has 1 aromatic rings. The van der Waals surface area contributed by atoms with E-state index < -0.39 is 15.6 Å². The second kappa shape index (κ2) is 6.37. The summed E-state index contributed by atoms with van der Waals surface area (Å²) >= 11 is 0. The summed E-state index contributed by atoms with van der Waals surface area (Å²) in [5.74, 6) is 0.715. The van der Waals surface area contributed by atoms with Crippen molar-refractivity contribution < 1.29 is 17.6 Å². The SMILES string of the molecule is CCCS(=O)(=O)N1CCO[C@]2(CCCN(c3nnc(C)o3)C2)C1. The van der Waals surface area contributed by atoms with Crippen LogP contribution in [0.4, 0.5) is 6.01 Å². The first-order chi connectivity index (χ1) is 10.9. The lowest BCUT2D eigenvalue weighted by atomic mass is 9.91. The summed E-state index contributed by atoms with van der Waals surface area (Å²) in [6.45, 7) is 6.30. The van der Waals surface area contributed by atoms with E-state index in [1.807, 2.05) is 11.8 Å². The lowest BCUT2D eigenvalue weighted by Crippen LogP contribution is -2.61. The molecule has 1 aromatic heterocycles. The van der Waals surface area contributed by atoms with Crippen LogP contribution in [0.5, 0.6) is 0 Å². The predicted molar refractivity (Wildman–Crippen MR) is 84.8 cm³/mol. The predicted octanol–water partition coefficient (Wildman–Crippen LogP) is 0.789. The lowest BCUT2D eigenvalue weighted by molar-refractivity contribution is -0.0955. The Morgan fingerprint density at radius 1 is 1.26 bits per heavy atom. The maximum absolute atomic E-state index is 12.4. The number of hydrogen-bond acceptors (Lipinski definition) is 7. The van der Waals surface area contributed by atoms with Crippen molar-refractivity contribution in [3.8, 4) is 0 Å². The van der Waals surface area contributed by atoms with E-state index in [0.717, 1.165) is 19.4 Å². The van der Waals surface area contributed by atoms with Crippen LogP contribution < -0.4 is 4.90 Å². The molecule has 9 heteroatoms. The molecule has 0 aliphatic carbocycles. The third-order valence-corrected chi connectivity index (χ3v) is 6.42. The monoisotopic (exact) mass is 344 g/mol. The largest absolute Gasteiger partial charge is 0.408 e. The Hall–Kier alpha value is -1.19. The van der Waals surface area contributed by atoms with E-state index in [2.05, 4.69) is 10.2 Å². The number of hydrogen-bond donors (Lipinski definition) is 0. The van der Waals surface area contributed by atoms with Crippen molar-refractivity contribution in [2.24, 2.45) is 0 Å². The summed E-state index contributed by atoms with van der Waals surface area (Å²) in [6.07, 6.45) is 2.37. The molecule has 0 unspecified atom stereocenters. The van der Waals surface area contributed by atoms with Gasteiger partial charge in [-0.15, -0.1) is 5.10 Å². The number of morpholine rings is 1. The van der Waals surface area contributed by atoms with Gasteiger partial charge in [0, 0.05) is 26.6 Å². The maximum atomic E-state index is 12.4. The van der Waals surface area contributed by atoms with Gasteiger partial charge in [0.2, 0.25) is 15.9 Å². The third-order valence-electron chi connectivity index (χ3n) is 4.39. The molecule has 2 aliphatic rings. The molecule has 1 spiro atoms. The molecule has 130 valence electrons. The van der Waals surface area contributed by atoms with Gasteiger partial charge in [0.15, 0.2) is 0 Å². The van der Waals surface area contributed by atoms with Gasteiger partial charge in [-0.1, -0.05) is 12.0 Å². The van der Waals surface area contributed by atoms with Gasteiger partial charge in [0.1, 0.15) is 0 Å². The molecule has 0 radical (unpaired) electrons. The first-order valence-electron chi connectivity index (χ1n) is 8.11. The fourth-order valence-electron chi connectivity index (χ4n) is 3.36. The van der Waals surface area contributed by atoms with E-state index in [1.165, 1.54) is 0 Å². The van der Waals surface area contributed by atoms with E-state index >= 15 is 0 Å². The molecular formula is C14H24N4O4S. The van der Waals surface area contributed by atoms with Crippen LogP contribution in [0.15, 0.2) is 4.42 Å². The maximum Gasteiger partial charge on any atom is 0.318 e. The molecule has 0 bridgehead atoms. The smallest absolute Gasteiger partial charge is 0.318 e. The van der Waals surface area contributed by atoms with Crippen LogP contribution in [0.3, 0.4) is 0 Å². The zero-order valence-corrected chi connectivity index (χ0v) is 14.5. The Bertz CT molecular complexity index is 643. The van der Waals surface area contributed by atoms with Crippen LogP contribution >= 0.6 is 0 Å². The van der Waals surface area contributed by atoms with Crippen LogP contribution in [-0.4, -0.2) is 67.1 Å². The number of rotatable bonds is 4. The van der Waals surface area contributed by atoms with Crippen molar-refractivity contribution in [3.05, 3.63) is 5.89 Å². The number of sulfonamides is 1. The van der Waals surface area contributed by atoms with Crippen molar-refractivity contribution in [3.63, 3.8) is 0 Å². The fraction of sp³-hybridized carbons (Fsp3) is 0.857. The minimum Gasteiger partial charge on any atom is -0.408 e. The van der Waals surface area contributed by atoms with Crippen LogP contribution in [-0.2, 0) is 14.8 Å². The Balaban J connectivity index is 1.75. The van der Waals surface area contributed by atoms with E-state index in [-0.39, 0.29) is 5.75 Å². The number of aromatic nitrogens is 2. The normalized spacial score (nSPS) is 26.8. The highest BCUT2D eigenvalue weighted by atomic mass is 32.2. The molecule has 3 heterocycles. The number of aryl methyl sites for hydroxylation is 1. The van der Waals surface area contributed by atoms with Gasteiger partial charge in [-0.3, -0.25) is 0 Å². The fourth-order valence-corrected chi connectivity index (χ4v) is 4.92. The topological polar surface area (TPSA) is 88.8 Å². The van der Waals surface area contributed by atoms with Crippen LogP contribution in [0.2, 0.25) is 0 Å². The highest BCUT2D eigenvalue weighted by Crippen LogP contribution is 2.32. The highest BCUT2D eigenvalue weighted by Gasteiger charge is 2.44. The van der Waals surface area contributed by atoms with Crippen molar-refractivity contribution in [2.45, 2.75) is 38.7 Å². The second-order valence-electron chi connectivity index (χ2n) is 6.31. The molecule has 0 N–H and O–H groups in total. The Kier molecular flexibility index (Phi) is 4.61. The van der Waals surface area contributed by atoms with E-state index in [1.54, 1.807) is 11.2 Å². The van der Waals surface area contributed by atoms with Gasteiger partial charge in [0.25, 0.3) is 0 Å². The van der Waals surface area contributed by atoms with Gasteiger partial charge in [0.05, 0.1) is 24.5 Å². The van der Waals surface area contributed by atoms with Crippen LogP contribution in [0.1, 0.15) is 32.1 Å². The quantitative estimate of drug-likeness (QED) is 0.798. The number of anilines is 1. The highest BCUT2D eigenvalue weighted by molar-refractivity contribution is 7.89. The summed E-state index contributed by atoms with van der Waals surface area (Å²) in [4.78, 5) is 2.00. The molecule has 23 heavy (non-hydrogen) atoms. The third kappa shape index (κ3) is 3.51. The summed E-state index contributed by atoms with van der Waals surface area (Å²) in [5.41, 5.74) is -0.486. The Morgan fingerprint density at radius 2 is 2.09 bits per heavy atom. The van der Waals surface area contributed by atoms with Gasteiger partial charge < -0.3 is 14.1 Å². The first-order valence-corrected chi connectivity index (χ1v) is 9.72. The number of piperidine rings is 1. The summed E-state index contributed by atoms with van der Waals surface area (Å²) in [5, 5.41) is 7.93. The van der Waals surface area contributed by atoms with Crippen LogP contribution in [0.25, 0.3) is 0 Å². The molecular weight excluding hydrogens is 320 g/mol. The van der Waals surface area contributed by atoms with E-state index in [9.17, 15) is 8.42 Å². The van der Waals surface area contributed by atoms with Gasteiger partial charge in [-0.05, 0) is 19.3 Å². The van der Waals surface area contributed by atoms with Crippen molar-refractivity contribution in [1.29, 1.82) is 0 Å². The Labute approximate surface area is 136 Å². The second-order valence-corrected chi connectivity index (χ2v) is 8.40. The number of nitrogens with zero attached hydrogens (tertiary/aromatic N) is 4. The molecule has 8 nitrogen and oxygen atoms in total. The zero-order chi connectivity index (χ0) is 16.5. The zero-order valence-electron chi connectivity index (χ0n) is 13.7. The molecule has 3 rings (SSSR count). The molecule has 0 saturated carbocycles. The van der Waals surface area contributed by atoms with Gasteiger partial charge in [-0.2, -0.15) is 4.31 Å². The molecule has 0 aromatic carbocycles. The standard InChI is InChI=1S/C14H24N4O4S/c1-3-9-23(19,20)18-7-8-21-14(11-18)5-4-6-17(10-14)13-16-15-12(2)22-13/h3-11H2,1-2H3/t14-/m0/s1. The molecule has 2 saturated heterocycles. The molecule has 1 atom stereocenters. The molecule has 0 amide bonds. The number of ether oxygens (including phenoxy) is 1. The first kappa shape index (κ1) is 16.7. The molecule has 2 fully saturated rings. The average molecular weight is 344 g/mol. The summed E-state index contributed by atoms with van der Waals surface area (Å²) in [7, 11) is -3.20. The lowest BCUT2D eigenvalue weighted by Gasteiger charge is -2.47. The van der Waals surface area contributed by atoms with Gasteiger partial charge >= 0.3 is 6.01 Å². The van der Waals surface area contributed by atoms with E-state index in [4.69, 9.17) is 9.15 Å². The summed E-state index contributed by atoms with van der Waals surface area (Å²) < 4.78 is 37.9. The van der Waals surface area contributed by atoms with Crippen molar-refractivity contribution in [1.82, 2.24) is 14.5 Å². The summed E-state index contributed by atoms with van der Waals surface area (Å²) in [6, 6.07) is 0.485. The average Bonchev–Trinajstić information content (AvgIpc) is 2.94. The van der Waals surface area contributed by atoms with Gasteiger partial charge in [-0.25, -0.2) is 8.42 Å². The van der Waals surface area contributed by atoms with Crippen molar-refractivity contribution in [2.75, 3.05) is 43.4 Å². The Morgan fingerprint density at radius 3 is 2.78 bits per heavy atom. The minimum atomic E-state index is -3.20. The van der Waals surface area contributed by atoms with E-state index in [0.29, 0.717) is 44.6 Å².